The molecule has 7 heteroatoms. The van der Waals surface area contributed by atoms with Crippen LogP contribution in [-0.2, 0) is 9.59 Å². The van der Waals surface area contributed by atoms with Crippen LogP contribution in [0, 0.1) is 12.8 Å². The van der Waals surface area contributed by atoms with Crippen LogP contribution in [0.2, 0.25) is 0 Å². The van der Waals surface area contributed by atoms with Crippen LogP contribution in [0.3, 0.4) is 0 Å². The molecule has 0 saturated carbocycles. The molecule has 1 aliphatic heterocycles. The summed E-state index contributed by atoms with van der Waals surface area (Å²) in [7, 11) is 0. The van der Waals surface area contributed by atoms with Crippen LogP contribution in [0.15, 0.2) is 22.7 Å². The molecule has 2 heterocycles. The summed E-state index contributed by atoms with van der Waals surface area (Å²) < 4.78 is 4.92. The summed E-state index contributed by atoms with van der Waals surface area (Å²) in [5.74, 6) is 1.63. The highest BCUT2D eigenvalue weighted by molar-refractivity contribution is 5.91. The third kappa shape index (κ3) is 4.44. The van der Waals surface area contributed by atoms with Crippen LogP contribution in [0.25, 0.3) is 0 Å². The van der Waals surface area contributed by atoms with E-state index in [0.29, 0.717) is 43.6 Å². The number of piperazine rings is 1. The number of hydrogen-bond donors (Lipinski definition) is 1. The van der Waals surface area contributed by atoms with Crippen molar-refractivity contribution in [2.45, 2.75) is 26.2 Å². The second kappa shape index (κ2) is 7.61. The SMILES string of the molecule is Cc1cc(NC(=O)CN2CCN(C(=O)CC3C=CCC3)CC2)no1. The Labute approximate surface area is 141 Å². The van der Waals surface area contributed by atoms with Gasteiger partial charge >= 0.3 is 0 Å². The van der Waals surface area contributed by atoms with Crippen molar-refractivity contribution in [2.24, 2.45) is 5.92 Å². The Balaban J connectivity index is 1.39. The summed E-state index contributed by atoms with van der Waals surface area (Å²) in [5.41, 5.74) is 0. The summed E-state index contributed by atoms with van der Waals surface area (Å²) in [6.07, 6.45) is 7.11. The molecule has 1 aliphatic carbocycles. The third-order valence-corrected chi connectivity index (χ3v) is 4.54. The van der Waals surface area contributed by atoms with Gasteiger partial charge in [-0.2, -0.15) is 0 Å². The molecular weight excluding hydrogens is 308 g/mol. The molecule has 1 aromatic heterocycles. The molecular formula is C17H24N4O3. The Kier molecular flexibility index (Phi) is 5.30. The largest absolute Gasteiger partial charge is 0.360 e. The molecule has 1 unspecified atom stereocenters. The van der Waals surface area contributed by atoms with Gasteiger partial charge in [0.15, 0.2) is 5.82 Å². The van der Waals surface area contributed by atoms with Crippen molar-refractivity contribution < 1.29 is 14.1 Å². The minimum atomic E-state index is -0.112. The van der Waals surface area contributed by atoms with E-state index in [9.17, 15) is 9.59 Å². The van der Waals surface area contributed by atoms with Crippen LogP contribution in [0.1, 0.15) is 25.0 Å². The molecule has 0 bridgehead atoms. The number of carbonyl (C=O) groups excluding carboxylic acids is 2. The number of carbonyl (C=O) groups is 2. The standard InChI is InChI=1S/C17H24N4O3/c1-13-10-15(19-24-13)18-16(22)12-20-6-8-21(9-7-20)17(23)11-14-4-2-3-5-14/h2,4,10,14H,3,5-9,11-12H2,1H3,(H,18,19,22). The van der Waals surface area contributed by atoms with E-state index in [1.54, 1.807) is 13.0 Å². The fraction of sp³-hybridized carbons (Fsp3) is 0.588. The van der Waals surface area contributed by atoms with Gasteiger partial charge in [-0.25, -0.2) is 0 Å². The third-order valence-electron chi connectivity index (χ3n) is 4.54. The number of hydrogen-bond acceptors (Lipinski definition) is 5. The van der Waals surface area contributed by atoms with Crippen molar-refractivity contribution in [2.75, 3.05) is 38.0 Å². The van der Waals surface area contributed by atoms with Gasteiger partial charge in [-0.1, -0.05) is 17.3 Å². The van der Waals surface area contributed by atoms with E-state index in [1.807, 2.05) is 4.90 Å². The number of amides is 2. The Morgan fingerprint density at radius 3 is 2.75 bits per heavy atom. The molecule has 2 aliphatic rings. The van der Waals surface area contributed by atoms with Gasteiger partial charge in [0.2, 0.25) is 11.8 Å². The van der Waals surface area contributed by atoms with Crippen molar-refractivity contribution in [3.8, 4) is 0 Å². The van der Waals surface area contributed by atoms with Gasteiger partial charge < -0.3 is 14.7 Å². The Bertz CT molecular complexity index is 617. The van der Waals surface area contributed by atoms with Crippen LogP contribution >= 0.6 is 0 Å². The summed E-state index contributed by atoms with van der Waals surface area (Å²) in [6.45, 7) is 4.89. The maximum absolute atomic E-state index is 12.3. The van der Waals surface area contributed by atoms with Crippen molar-refractivity contribution in [1.82, 2.24) is 15.0 Å². The fourth-order valence-electron chi connectivity index (χ4n) is 3.18. The Morgan fingerprint density at radius 1 is 1.33 bits per heavy atom. The summed E-state index contributed by atoms with van der Waals surface area (Å²) in [6, 6.07) is 1.69. The molecule has 24 heavy (non-hydrogen) atoms. The maximum atomic E-state index is 12.3. The van der Waals surface area contributed by atoms with E-state index in [2.05, 4.69) is 27.5 Å². The predicted octanol–water partition coefficient (Wildman–Crippen LogP) is 1.42. The first-order chi connectivity index (χ1) is 11.6. The lowest BCUT2D eigenvalue weighted by Crippen LogP contribution is -2.50. The Morgan fingerprint density at radius 2 is 2.12 bits per heavy atom. The molecule has 0 spiro atoms. The van der Waals surface area contributed by atoms with Gasteiger partial charge in [0, 0.05) is 38.7 Å². The van der Waals surface area contributed by atoms with Crippen LogP contribution in [0.4, 0.5) is 5.82 Å². The molecule has 1 atom stereocenters. The Hall–Kier alpha value is -2.15. The summed E-state index contributed by atoms with van der Waals surface area (Å²) in [5, 5.41) is 6.47. The van der Waals surface area contributed by atoms with Crippen LogP contribution in [0.5, 0.6) is 0 Å². The topological polar surface area (TPSA) is 78.7 Å². The highest BCUT2D eigenvalue weighted by atomic mass is 16.5. The lowest BCUT2D eigenvalue weighted by atomic mass is 10.0. The summed E-state index contributed by atoms with van der Waals surface area (Å²) >= 11 is 0. The first-order valence-corrected chi connectivity index (χ1v) is 8.50. The van der Waals surface area contributed by atoms with Crippen LogP contribution < -0.4 is 5.32 Å². The van der Waals surface area contributed by atoms with E-state index in [4.69, 9.17) is 4.52 Å². The quantitative estimate of drug-likeness (QED) is 0.825. The normalized spacial score (nSPS) is 21.2. The fourth-order valence-corrected chi connectivity index (χ4v) is 3.18. The zero-order valence-electron chi connectivity index (χ0n) is 14.0. The highest BCUT2D eigenvalue weighted by Crippen LogP contribution is 2.21. The molecule has 1 fully saturated rings. The van der Waals surface area contributed by atoms with Crippen molar-refractivity contribution >= 4 is 17.6 Å². The molecule has 1 N–H and O–H groups in total. The van der Waals surface area contributed by atoms with E-state index >= 15 is 0 Å². The van der Waals surface area contributed by atoms with E-state index in [-0.39, 0.29) is 11.8 Å². The second-order valence-electron chi connectivity index (χ2n) is 6.50. The van der Waals surface area contributed by atoms with Gasteiger partial charge in [-0.15, -0.1) is 0 Å². The zero-order chi connectivity index (χ0) is 16.9. The number of rotatable bonds is 5. The number of anilines is 1. The van der Waals surface area contributed by atoms with Crippen LogP contribution in [-0.4, -0.2) is 59.5 Å². The second-order valence-corrected chi connectivity index (χ2v) is 6.50. The first kappa shape index (κ1) is 16.7. The van der Waals surface area contributed by atoms with Gasteiger partial charge in [0.05, 0.1) is 6.54 Å². The van der Waals surface area contributed by atoms with Gasteiger partial charge in [0.25, 0.3) is 0 Å². The molecule has 2 amide bonds. The number of aromatic nitrogens is 1. The molecule has 0 aromatic carbocycles. The molecule has 130 valence electrons. The molecule has 0 radical (unpaired) electrons. The van der Waals surface area contributed by atoms with Crippen molar-refractivity contribution in [3.63, 3.8) is 0 Å². The minimum absolute atomic E-state index is 0.112. The average Bonchev–Trinajstić information content (AvgIpc) is 3.20. The van der Waals surface area contributed by atoms with Gasteiger partial charge in [-0.05, 0) is 25.7 Å². The lowest BCUT2D eigenvalue weighted by molar-refractivity contribution is -0.133. The minimum Gasteiger partial charge on any atom is -0.360 e. The number of allylic oxidation sites excluding steroid dienone is 2. The smallest absolute Gasteiger partial charge is 0.239 e. The van der Waals surface area contributed by atoms with Gasteiger partial charge in [-0.3, -0.25) is 14.5 Å². The molecule has 7 nitrogen and oxygen atoms in total. The summed E-state index contributed by atoms with van der Waals surface area (Å²) in [4.78, 5) is 28.3. The van der Waals surface area contributed by atoms with E-state index < -0.39 is 0 Å². The number of nitrogens with zero attached hydrogens (tertiary/aromatic N) is 3. The predicted molar refractivity (Wildman–Crippen MR) is 89.4 cm³/mol. The van der Waals surface area contributed by atoms with E-state index in [0.717, 1.165) is 25.9 Å². The maximum Gasteiger partial charge on any atom is 0.239 e. The zero-order valence-corrected chi connectivity index (χ0v) is 14.0. The molecule has 3 rings (SSSR count). The van der Waals surface area contributed by atoms with Gasteiger partial charge in [0.1, 0.15) is 5.76 Å². The number of aryl methyl sites for hydroxylation is 1. The van der Waals surface area contributed by atoms with E-state index in [1.165, 1.54) is 0 Å². The van der Waals surface area contributed by atoms with Crippen molar-refractivity contribution in [3.05, 3.63) is 24.0 Å². The highest BCUT2D eigenvalue weighted by Gasteiger charge is 2.24. The molecule has 1 aromatic rings. The number of nitrogens with one attached hydrogen (secondary N) is 1. The van der Waals surface area contributed by atoms with Crippen molar-refractivity contribution in [1.29, 1.82) is 0 Å². The molecule has 1 saturated heterocycles. The first-order valence-electron chi connectivity index (χ1n) is 8.50. The average molecular weight is 332 g/mol. The lowest BCUT2D eigenvalue weighted by Gasteiger charge is -2.34. The monoisotopic (exact) mass is 332 g/mol.